The number of para-hydroxylation sites is 1. The Bertz CT molecular complexity index is 592. The van der Waals surface area contributed by atoms with E-state index >= 15 is 0 Å². The zero-order chi connectivity index (χ0) is 17.7. The molecule has 27 heavy (non-hydrogen) atoms. The summed E-state index contributed by atoms with van der Waals surface area (Å²) in [7, 11) is 1.68. The molecule has 154 valence electrons. The van der Waals surface area contributed by atoms with Gasteiger partial charge in [-0.3, -0.25) is 4.79 Å². The Hall–Kier alpha value is -0.720. The number of hydrogen-bond donors (Lipinski definition) is 2. The minimum Gasteiger partial charge on any atom is -0.384 e. The number of carbonyl (C=O) groups excluding carboxylic acids is 1. The van der Waals surface area contributed by atoms with Gasteiger partial charge in [0.2, 0.25) is 5.91 Å². The summed E-state index contributed by atoms with van der Waals surface area (Å²) in [6, 6.07) is 8.07. The lowest BCUT2D eigenvalue weighted by atomic mass is 9.78. The Labute approximate surface area is 179 Å². The van der Waals surface area contributed by atoms with Crippen molar-refractivity contribution in [2.24, 2.45) is 5.41 Å². The van der Waals surface area contributed by atoms with Gasteiger partial charge in [-0.25, -0.2) is 0 Å². The molecule has 0 spiro atoms. The average molecular weight is 439 g/mol. The Morgan fingerprint density at radius 1 is 1.33 bits per heavy atom. The number of rotatable bonds is 5. The van der Waals surface area contributed by atoms with Gasteiger partial charge in [0.05, 0.1) is 22.7 Å². The molecule has 2 N–H and O–H groups in total. The molecule has 1 amide bonds. The highest BCUT2D eigenvalue weighted by atomic mass is 35.5. The second kappa shape index (κ2) is 11.3. The Balaban J connectivity index is 0.00000182. The van der Waals surface area contributed by atoms with E-state index in [-0.39, 0.29) is 36.8 Å². The Kier molecular flexibility index (Phi) is 10.2. The molecule has 1 aromatic carbocycles. The highest BCUT2D eigenvalue weighted by Gasteiger charge is 2.40. The summed E-state index contributed by atoms with van der Waals surface area (Å²) in [5.74, 6) is 0.141. The third-order valence-electron chi connectivity index (χ3n) is 5.41. The summed E-state index contributed by atoms with van der Waals surface area (Å²) < 4.78 is 5.38. The van der Waals surface area contributed by atoms with Gasteiger partial charge in [0.25, 0.3) is 0 Å². The molecule has 0 radical (unpaired) electrons. The highest BCUT2D eigenvalue weighted by Crippen LogP contribution is 2.31. The largest absolute Gasteiger partial charge is 0.384 e. The fraction of sp³-hybridized carbons (Fsp3) is 0.632. The van der Waals surface area contributed by atoms with Crippen molar-refractivity contribution in [3.05, 3.63) is 29.3 Å². The van der Waals surface area contributed by atoms with Crippen LogP contribution in [0.25, 0.3) is 0 Å². The van der Waals surface area contributed by atoms with Gasteiger partial charge in [-0.15, -0.1) is 24.8 Å². The number of amides is 1. The first kappa shape index (κ1) is 24.3. The molecule has 2 heterocycles. The first-order chi connectivity index (χ1) is 12.1. The second-order valence-corrected chi connectivity index (χ2v) is 7.58. The van der Waals surface area contributed by atoms with Crippen molar-refractivity contribution >= 4 is 48.0 Å². The number of nitrogens with one attached hydrogen (secondary N) is 2. The number of hydrogen-bond acceptors (Lipinski definition) is 4. The fourth-order valence-corrected chi connectivity index (χ4v) is 4.23. The minimum absolute atomic E-state index is 0. The van der Waals surface area contributed by atoms with Crippen molar-refractivity contribution in [2.75, 3.05) is 44.8 Å². The van der Waals surface area contributed by atoms with E-state index < -0.39 is 5.41 Å². The normalized spacial score (nSPS) is 21.6. The maximum absolute atomic E-state index is 13.0. The number of carbonyl (C=O) groups is 1. The molecule has 2 aliphatic rings. The summed E-state index contributed by atoms with van der Waals surface area (Å²) in [6.07, 6.45) is 3.71. The molecule has 0 aromatic heterocycles. The van der Waals surface area contributed by atoms with Gasteiger partial charge in [0.1, 0.15) is 0 Å². The number of piperidine rings is 2. The molecular formula is C19H30Cl3N3O2. The third-order valence-corrected chi connectivity index (χ3v) is 5.73. The van der Waals surface area contributed by atoms with Crippen LogP contribution in [0.15, 0.2) is 24.3 Å². The van der Waals surface area contributed by atoms with Crippen molar-refractivity contribution in [1.29, 1.82) is 0 Å². The van der Waals surface area contributed by atoms with Crippen LogP contribution in [0.5, 0.6) is 0 Å². The summed E-state index contributed by atoms with van der Waals surface area (Å²) in [5.41, 5.74) is 0.656. The summed E-state index contributed by atoms with van der Waals surface area (Å²) in [4.78, 5) is 15.3. The molecule has 2 saturated heterocycles. The Morgan fingerprint density at radius 3 is 2.70 bits per heavy atom. The molecule has 2 aliphatic heterocycles. The van der Waals surface area contributed by atoms with E-state index in [4.69, 9.17) is 16.3 Å². The van der Waals surface area contributed by atoms with Crippen LogP contribution in [0.2, 0.25) is 5.02 Å². The first-order valence-corrected chi connectivity index (χ1v) is 9.52. The van der Waals surface area contributed by atoms with Crippen molar-refractivity contribution in [2.45, 2.75) is 31.7 Å². The van der Waals surface area contributed by atoms with Crippen LogP contribution < -0.4 is 15.5 Å². The van der Waals surface area contributed by atoms with E-state index in [1.165, 1.54) is 0 Å². The molecule has 0 saturated carbocycles. The lowest BCUT2D eigenvalue weighted by molar-refractivity contribution is -0.137. The van der Waals surface area contributed by atoms with E-state index in [2.05, 4.69) is 15.5 Å². The summed E-state index contributed by atoms with van der Waals surface area (Å²) in [6.45, 7) is 4.00. The highest BCUT2D eigenvalue weighted by molar-refractivity contribution is 6.33. The second-order valence-electron chi connectivity index (χ2n) is 7.17. The molecule has 1 unspecified atom stereocenters. The van der Waals surface area contributed by atoms with Gasteiger partial charge in [0, 0.05) is 26.2 Å². The quantitative estimate of drug-likeness (QED) is 0.741. The van der Waals surface area contributed by atoms with E-state index in [0.29, 0.717) is 6.61 Å². The fourth-order valence-electron chi connectivity index (χ4n) is 3.98. The van der Waals surface area contributed by atoms with E-state index in [1.807, 2.05) is 24.3 Å². The molecule has 0 aliphatic carbocycles. The molecule has 2 fully saturated rings. The van der Waals surface area contributed by atoms with Crippen molar-refractivity contribution in [1.82, 2.24) is 10.6 Å². The average Bonchev–Trinajstić information content (AvgIpc) is 2.63. The van der Waals surface area contributed by atoms with Crippen LogP contribution in [-0.4, -0.2) is 51.8 Å². The van der Waals surface area contributed by atoms with Crippen molar-refractivity contribution in [3.8, 4) is 0 Å². The smallest absolute Gasteiger partial charge is 0.228 e. The SMILES string of the molecule is COCC1(C(=O)NC2CCCN(c3ccccc3Cl)C2)CCNCC1.Cl.Cl. The predicted octanol–water partition coefficient (Wildman–Crippen LogP) is 3.28. The van der Waals surface area contributed by atoms with Gasteiger partial charge in [-0.2, -0.15) is 0 Å². The predicted molar refractivity (Wildman–Crippen MR) is 116 cm³/mol. The number of anilines is 1. The molecule has 3 rings (SSSR count). The van der Waals surface area contributed by atoms with Gasteiger partial charge < -0.3 is 20.3 Å². The lowest BCUT2D eigenvalue weighted by Gasteiger charge is -2.39. The Morgan fingerprint density at radius 2 is 2.04 bits per heavy atom. The maximum atomic E-state index is 13.0. The monoisotopic (exact) mass is 437 g/mol. The van der Waals surface area contributed by atoms with Crippen LogP contribution in [0.3, 0.4) is 0 Å². The van der Waals surface area contributed by atoms with E-state index in [1.54, 1.807) is 7.11 Å². The molecule has 5 nitrogen and oxygen atoms in total. The number of nitrogens with zero attached hydrogens (tertiary/aromatic N) is 1. The van der Waals surface area contributed by atoms with Crippen LogP contribution >= 0.6 is 36.4 Å². The standard InChI is InChI=1S/C19H28ClN3O2.2ClH/c1-25-14-19(8-10-21-11-9-19)18(24)22-15-5-4-12-23(13-15)17-7-3-2-6-16(17)20;;/h2-3,6-7,15,21H,4-5,8-14H2,1H3,(H,22,24);2*1H. The first-order valence-electron chi connectivity index (χ1n) is 9.15. The lowest BCUT2D eigenvalue weighted by Crippen LogP contribution is -2.55. The summed E-state index contributed by atoms with van der Waals surface area (Å²) >= 11 is 6.34. The molecule has 0 bridgehead atoms. The molecular weight excluding hydrogens is 409 g/mol. The number of methoxy groups -OCH3 is 1. The maximum Gasteiger partial charge on any atom is 0.228 e. The molecule has 8 heteroatoms. The van der Waals surface area contributed by atoms with Gasteiger partial charge in [-0.05, 0) is 50.9 Å². The zero-order valence-electron chi connectivity index (χ0n) is 15.7. The third kappa shape index (κ3) is 5.88. The topological polar surface area (TPSA) is 53.6 Å². The van der Waals surface area contributed by atoms with E-state index in [0.717, 1.165) is 62.6 Å². The van der Waals surface area contributed by atoms with Gasteiger partial charge in [0.15, 0.2) is 0 Å². The van der Waals surface area contributed by atoms with Gasteiger partial charge >= 0.3 is 0 Å². The van der Waals surface area contributed by atoms with Crippen LogP contribution in [-0.2, 0) is 9.53 Å². The number of benzene rings is 1. The van der Waals surface area contributed by atoms with E-state index in [9.17, 15) is 4.79 Å². The van der Waals surface area contributed by atoms with Crippen LogP contribution in [0.4, 0.5) is 5.69 Å². The molecule has 1 aromatic rings. The van der Waals surface area contributed by atoms with Crippen LogP contribution in [0.1, 0.15) is 25.7 Å². The summed E-state index contributed by atoms with van der Waals surface area (Å²) in [5, 5.41) is 7.40. The van der Waals surface area contributed by atoms with Crippen molar-refractivity contribution in [3.63, 3.8) is 0 Å². The van der Waals surface area contributed by atoms with Gasteiger partial charge in [-0.1, -0.05) is 23.7 Å². The molecule has 1 atom stereocenters. The van der Waals surface area contributed by atoms with Crippen molar-refractivity contribution < 1.29 is 9.53 Å². The zero-order valence-corrected chi connectivity index (χ0v) is 18.1. The number of ether oxygens (including phenoxy) is 1. The minimum atomic E-state index is -0.396. The number of halogens is 3. The van der Waals surface area contributed by atoms with Crippen LogP contribution in [0, 0.1) is 5.41 Å².